The Kier molecular flexibility index (Phi) is 6.75. The van der Waals surface area contributed by atoms with Crippen molar-refractivity contribution < 1.29 is 19.1 Å². The third-order valence-corrected chi connectivity index (χ3v) is 5.26. The highest BCUT2D eigenvalue weighted by molar-refractivity contribution is 6.01. The van der Waals surface area contributed by atoms with Crippen LogP contribution < -0.4 is 19.7 Å². The number of anilines is 1. The minimum Gasteiger partial charge on any atom is -0.493 e. The molecule has 2 atom stereocenters. The van der Waals surface area contributed by atoms with E-state index in [1.54, 1.807) is 19.1 Å². The molecule has 2 amide bonds. The largest absolute Gasteiger partial charge is 0.493 e. The van der Waals surface area contributed by atoms with Gasteiger partial charge in [-0.15, -0.1) is 0 Å². The second-order valence-corrected chi connectivity index (χ2v) is 7.10. The third-order valence-electron chi connectivity index (χ3n) is 5.26. The molecule has 0 spiro atoms. The molecule has 0 aromatic heterocycles. The van der Waals surface area contributed by atoms with Crippen LogP contribution in [-0.2, 0) is 16.0 Å². The molecule has 154 valence electrons. The first kappa shape index (κ1) is 20.7. The number of para-hydroxylation sites is 1. The average Bonchev–Trinajstić information content (AvgIpc) is 3.56. The second kappa shape index (κ2) is 9.45. The number of hydrogen-bond donors (Lipinski definition) is 1. The summed E-state index contributed by atoms with van der Waals surface area (Å²) in [6, 6.07) is 15.3. The van der Waals surface area contributed by atoms with Crippen molar-refractivity contribution >= 4 is 17.5 Å². The highest BCUT2D eigenvalue weighted by Crippen LogP contribution is 2.41. The van der Waals surface area contributed by atoms with E-state index in [2.05, 4.69) is 5.32 Å². The van der Waals surface area contributed by atoms with E-state index in [4.69, 9.17) is 9.47 Å². The Morgan fingerprint density at radius 1 is 1.03 bits per heavy atom. The summed E-state index contributed by atoms with van der Waals surface area (Å²) in [5.41, 5.74) is 1.92. The lowest BCUT2D eigenvalue weighted by molar-refractivity contribution is -0.126. The highest BCUT2D eigenvalue weighted by Gasteiger charge is 2.49. The van der Waals surface area contributed by atoms with E-state index in [1.807, 2.05) is 55.5 Å². The number of nitrogens with one attached hydrogen (secondary N) is 1. The maximum absolute atomic E-state index is 12.8. The maximum Gasteiger partial charge on any atom is 0.230 e. The van der Waals surface area contributed by atoms with Crippen molar-refractivity contribution in [2.45, 2.75) is 19.8 Å². The predicted molar refractivity (Wildman–Crippen MR) is 112 cm³/mol. The van der Waals surface area contributed by atoms with Crippen molar-refractivity contribution in [1.29, 1.82) is 0 Å². The summed E-state index contributed by atoms with van der Waals surface area (Å²) >= 11 is 0. The van der Waals surface area contributed by atoms with Gasteiger partial charge in [0.15, 0.2) is 11.5 Å². The first-order chi connectivity index (χ1) is 14.1. The van der Waals surface area contributed by atoms with Crippen molar-refractivity contribution in [3.63, 3.8) is 0 Å². The van der Waals surface area contributed by atoms with Crippen LogP contribution in [0.25, 0.3) is 0 Å². The summed E-state index contributed by atoms with van der Waals surface area (Å²) in [5, 5.41) is 2.96. The molecule has 2 aromatic rings. The van der Waals surface area contributed by atoms with E-state index in [-0.39, 0.29) is 23.7 Å². The lowest BCUT2D eigenvalue weighted by Gasteiger charge is -2.21. The monoisotopic (exact) mass is 396 g/mol. The Hall–Kier alpha value is -3.02. The normalized spacial score (nSPS) is 17.3. The van der Waals surface area contributed by atoms with Crippen LogP contribution in [0.4, 0.5) is 5.69 Å². The Labute approximate surface area is 171 Å². The van der Waals surface area contributed by atoms with Gasteiger partial charge in [0, 0.05) is 18.8 Å². The van der Waals surface area contributed by atoms with Crippen molar-refractivity contribution in [2.75, 3.05) is 32.2 Å². The van der Waals surface area contributed by atoms with E-state index in [0.717, 1.165) is 11.3 Å². The molecule has 2 unspecified atom stereocenters. The fourth-order valence-electron chi connectivity index (χ4n) is 3.53. The van der Waals surface area contributed by atoms with Crippen molar-refractivity contribution in [1.82, 2.24) is 5.32 Å². The number of hydrogen-bond acceptors (Lipinski definition) is 4. The van der Waals surface area contributed by atoms with Crippen molar-refractivity contribution in [3.8, 4) is 11.5 Å². The molecule has 6 heteroatoms. The molecule has 0 aliphatic heterocycles. The summed E-state index contributed by atoms with van der Waals surface area (Å²) in [6.07, 6.45) is 1.30. The number of amides is 2. The molecule has 6 nitrogen and oxygen atoms in total. The summed E-state index contributed by atoms with van der Waals surface area (Å²) in [7, 11) is 3.20. The molecule has 0 heterocycles. The summed E-state index contributed by atoms with van der Waals surface area (Å²) in [5.74, 6) is 0.872. The molecule has 1 N–H and O–H groups in total. The van der Waals surface area contributed by atoms with Crippen LogP contribution in [0.5, 0.6) is 11.5 Å². The van der Waals surface area contributed by atoms with Crippen LogP contribution in [-0.4, -0.2) is 39.1 Å². The van der Waals surface area contributed by atoms with Crippen LogP contribution in [0, 0.1) is 11.8 Å². The SMILES string of the molecule is CCN(C(=O)C1CC1C(=O)NCCc1ccc(OC)c(OC)c1)c1ccccc1. The van der Waals surface area contributed by atoms with Crippen molar-refractivity contribution in [3.05, 3.63) is 54.1 Å². The zero-order chi connectivity index (χ0) is 20.8. The standard InChI is InChI=1S/C23H28N2O4/c1-4-25(17-8-6-5-7-9-17)23(27)19-15-18(19)22(26)24-13-12-16-10-11-20(28-2)21(14-16)29-3/h5-11,14,18-19H,4,12-13,15H2,1-3H3,(H,24,26). The van der Waals surface area contributed by atoms with Gasteiger partial charge in [-0.2, -0.15) is 0 Å². The Morgan fingerprint density at radius 2 is 1.76 bits per heavy atom. The van der Waals surface area contributed by atoms with Crippen LogP contribution in [0.1, 0.15) is 18.9 Å². The van der Waals surface area contributed by atoms with E-state index < -0.39 is 0 Å². The first-order valence-corrected chi connectivity index (χ1v) is 9.94. The van der Waals surface area contributed by atoms with Crippen LogP contribution >= 0.6 is 0 Å². The van der Waals surface area contributed by atoms with Gasteiger partial charge < -0.3 is 19.7 Å². The van der Waals surface area contributed by atoms with Gasteiger partial charge in [-0.1, -0.05) is 24.3 Å². The first-order valence-electron chi connectivity index (χ1n) is 9.94. The number of carbonyl (C=O) groups is 2. The number of ether oxygens (including phenoxy) is 2. The molecule has 1 aliphatic rings. The number of benzene rings is 2. The van der Waals surface area contributed by atoms with Gasteiger partial charge in [0.2, 0.25) is 11.8 Å². The Morgan fingerprint density at radius 3 is 2.41 bits per heavy atom. The molecule has 0 saturated heterocycles. The van der Waals surface area contributed by atoms with E-state index in [9.17, 15) is 9.59 Å². The fraction of sp³-hybridized carbons (Fsp3) is 0.391. The zero-order valence-corrected chi connectivity index (χ0v) is 17.2. The van der Waals surface area contributed by atoms with Gasteiger partial charge >= 0.3 is 0 Å². The topological polar surface area (TPSA) is 67.9 Å². The summed E-state index contributed by atoms with van der Waals surface area (Å²) in [4.78, 5) is 27.0. The molecule has 1 saturated carbocycles. The fourth-order valence-corrected chi connectivity index (χ4v) is 3.53. The van der Waals surface area contributed by atoms with Crippen LogP contribution in [0.2, 0.25) is 0 Å². The number of nitrogens with zero attached hydrogens (tertiary/aromatic N) is 1. The van der Waals surface area contributed by atoms with Gasteiger partial charge in [-0.25, -0.2) is 0 Å². The molecule has 1 fully saturated rings. The molecular weight excluding hydrogens is 368 g/mol. The quantitative estimate of drug-likeness (QED) is 0.707. The van der Waals surface area contributed by atoms with E-state index >= 15 is 0 Å². The summed E-state index contributed by atoms with van der Waals surface area (Å²) < 4.78 is 10.5. The van der Waals surface area contributed by atoms with E-state index in [0.29, 0.717) is 37.4 Å². The van der Waals surface area contributed by atoms with E-state index in [1.165, 1.54) is 0 Å². The van der Waals surface area contributed by atoms with Gasteiger partial charge in [0.05, 0.1) is 26.1 Å². The molecule has 1 aliphatic carbocycles. The smallest absolute Gasteiger partial charge is 0.230 e. The lowest BCUT2D eigenvalue weighted by atomic mass is 10.1. The number of rotatable bonds is 9. The lowest BCUT2D eigenvalue weighted by Crippen LogP contribution is -2.34. The minimum atomic E-state index is -0.231. The van der Waals surface area contributed by atoms with Gasteiger partial charge in [-0.3, -0.25) is 9.59 Å². The highest BCUT2D eigenvalue weighted by atomic mass is 16.5. The second-order valence-electron chi connectivity index (χ2n) is 7.10. The third kappa shape index (κ3) is 4.88. The molecule has 29 heavy (non-hydrogen) atoms. The Bertz CT molecular complexity index is 853. The molecule has 3 rings (SSSR count). The van der Waals surface area contributed by atoms with Crippen molar-refractivity contribution in [2.24, 2.45) is 11.8 Å². The van der Waals surface area contributed by atoms with Gasteiger partial charge in [0.25, 0.3) is 0 Å². The van der Waals surface area contributed by atoms with Crippen LogP contribution in [0.3, 0.4) is 0 Å². The summed E-state index contributed by atoms with van der Waals surface area (Å²) in [6.45, 7) is 3.06. The molecular formula is C23H28N2O4. The van der Waals surface area contributed by atoms with Gasteiger partial charge in [0.1, 0.15) is 0 Å². The van der Waals surface area contributed by atoms with Crippen LogP contribution in [0.15, 0.2) is 48.5 Å². The molecule has 0 bridgehead atoms. The minimum absolute atomic E-state index is 0.0266. The predicted octanol–water partition coefficient (Wildman–Crippen LogP) is 3.05. The number of carbonyl (C=O) groups excluding carboxylic acids is 2. The number of methoxy groups -OCH3 is 2. The maximum atomic E-state index is 12.8. The molecule has 0 radical (unpaired) electrons. The Balaban J connectivity index is 1.49. The molecule has 2 aromatic carbocycles. The zero-order valence-electron chi connectivity index (χ0n) is 17.2. The van der Waals surface area contributed by atoms with Gasteiger partial charge in [-0.05, 0) is 49.6 Å². The average molecular weight is 396 g/mol.